The number of hydrogen-bond acceptors (Lipinski definition) is 8. The Morgan fingerprint density at radius 1 is 0.600 bits per heavy atom. The van der Waals surface area contributed by atoms with E-state index >= 15 is 0 Å². The van der Waals surface area contributed by atoms with E-state index < -0.39 is 54.5 Å². The molecule has 4 unspecified atom stereocenters. The molecule has 0 saturated heterocycles. The lowest BCUT2D eigenvalue weighted by Crippen LogP contribution is -2.58. The van der Waals surface area contributed by atoms with Crippen molar-refractivity contribution in [2.45, 2.75) is 30.8 Å². The molecule has 1 N–H and O–H groups in total. The molecule has 3 aromatic rings. The first-order valence-corrected chi connectivity index (χ1v) is 10.9. The fraction of sp³-hybridized carbons (Fsp3) is 0.185. The minimum absolute atomic E-state index is 0.168. The third-order valence-electron chi connectivity index (χ3n) is 5.48. The molecule has 1 aliphatic carbocycles. The first-order valence-electron chi connectivity index (χ1n) is 10.9. The van der Waals surface area contributed by atoms with Crippen LogP contribution < -0.4 is 0 Å². The van der Waals surface area contributed by atoms with E-state index in [0.717, 1.165) is 0 Å². The van der Waals surface area contributed by atoms with Crippen LogP contribution >= 0.6 is 0 Å². The standard InChI is InChI=1S/C27H22O8/c28-20-16-21(29)23(34-26(31)18-12-6-2-7-13-18)24(35-27(32)19-14-8-3-9-15-19)22(20)33-25(30)17-10-4-1-5-11-17/h1-15,20,22-24,28H,16H2. The minimum Gasteiger partial charge on any atom is -0.452 e. The number of carbonyl (C=O) groups excluding carboxylic acids is 4. The number of Topliss-reactive ketones (excluding diaryl/α,β-unsaturated/α-hetero) is 1. The van der Waals surface area contributed by atoms with E-state index in [-0.39, 0.29) is 16.7 Å². The zero-order chi connectivity index (χ0) is 24.8. The van der Waals surface area contributed by atoms with Crippen LogP contribution in [0.1, 0.15) is 37.5 Å². The number of ether oxygens (including phenoxy) is 3. The Hall–Kier alpha value is -4.30. The third-order valence-corrected chi connectivity index (χ3v) is 5.48. The molecule has 1 aliphatic rings. The molecule has 0 bridgehead atoms. The lowest BCUT2D eigenvalue weighted by atomic mass is 9.87. The van der Waals surface area contributed by atoms with E-state index in [2.05, 4.69) is 0 Å². The molecule has 35 heavy (non-hydrogen) atoms. The Kier molecular flexibility index (Phi) is 7.32. The lowest BCUT2D eigenvalue weighted by Gasteiger charge is -2.38. The Labute approximate surface area is 201 Å². The maximum Gasteiger partial charge on any atom is 0.338 e. The average Bonchev–Trinajstić information content (AvgIpc) is 2.89. The van der Waals surface area contributed by atoms with Crippen LogP contribution in [0.15, 0.2) is 91.0 Å². The number of benzene rings is 3. The van der Waals surface area contributed by atoms with E-state index in [4.69, 9.17) is 14.2 Å². The highest BCUT2D eigenvalue weighted by molar-refractivity contribution is 5.95. The number of esters is 3. The van der Waals surface area contributed by atoms with E-state index in [9.17, 15) is 24.3 Å². The number of aliphatic hydroxyl groups is 1. The second-order valence-corrected chi connectivity index (χ2v) is 7.90. The van der Waals surface area contributed by atoms with Crippen molar-refractivity contribution in [2.24, 2.45) is 0 Å². The van der Waals surface area contributed by atoms with Crippen LogP contribution in [0.2, 0.25) is 0 Å². The van der Waals surface area contributed by atoms with Crippen molar-refractivity contribution in [3.05, 3.63) is 108 Å². The molecule has 0 aromatic heterocycles. The Balaban J connectivity index is 1.64. The number of aliphatic hydroxyl groups excluding tert-OH is 1. The number of ketones is 1. The van der Waals surface area contributed by atoms with Crippen LogP contribution in [0.25, 0.3) is 0 Å². The molecule has 0 amide bonds. The Morgan fingerprint density at radius 2 is 0.971 bits per heavy atom. The molecule has 3 aromatic carbocycles. The van der Waals surface area contributed by atoms with Crippen molar-refractivity contribution >= 4 is 23.7 Å². The van der Waals surface area contributed by atoms with Crippen LogP contribution in [0.5, 0.6) is 0 Å². The summed E-state index contributed by atoms with van der Waals surface area (Å²) < 4.78 is 16.5. The predicted octanol–water partition coefficient (Wildman–Crippen LogP) is 3.00. The van der Waals surface area contributed by atoms with Crippen molar-refractivity contribution in [1.29, 1.82) is 0 Å². The highest BCUT2D eigenvalue weighted by atomic mass is 16.6. The highest BCUT2D eigenvalue weighted by Gasteiger charge is 2.50. The molecule has 4 rings (SSSR count). The topological polar surface area (TPSA) is 116 Å². The monoisotopic (exact) mass is 474 g/mol. The Bertz CT molecular complexity index is 1190. The van der Waals surface area contributed by atoms with E-state index in [1.807, 2.05) is 0 Å². The molecular weight excluding hydrogens is 452 g/mol. The highest BCUT2D eigenvalue weighted by Crippen LogP contribution is 2.28. The summed E-state index contributed by atoms with van der Waals surface area (Å²) in [7, 11) is 0. The van der Waals surface area contributed by atoms with E-state index in [0.29, 0.717) is 0 Å². The van der Waals surface area contributed by atoms with Gasteiger partial charge in [0, 0.05) is 6.42 Å². The van der Waals surface area contributed by atoms with Gasteiger partial charge in [-0.25, -0.2) is 14.4 Å². The summed E-state index contributed by atoms with van der Waals surface area (Å²) in [5.74, 6) is -3.12. The molecule has 0 spiro atoms. The molecule has 1 fully saturated rings. The van der Waals surface area contributed by atoms with Crippen molar-refractivity contribution in [3.63, 3.8) is 0 Å². The lowest BCUT2D eigenvalue weighted by molar-refractivity contribution is -0.165. The Morgan fingerprint density at radius 3 is 1.40 bits per heavy atom. The van der Waals surface area contributed by atoms with Gasteiger partial charge in [0.05, 0.1) is 16.7 Å². The molecule has 4 atom stereocenters. The fourth-order valence-corrected chi connectivity index (χ4v) is 3.71. The number of carbonyl (C=O) groups is 4. The smallest absolute Gasteiger partial charge is 0.338 e. The van der Waals surface area contributed by atoms with Crippen LogP contribution in [0.3, 0.4) is 0 Å². The minimum atomic E-state index is -1.59. The van der Waals surface area contributed by atoms with E-state index in [1.165, 1.54) is 36.4 Å². The fourth-order valence-electron chi connectivity index (χ4n) is 3.71. The van der Waals surface area contributed by atoms with E-state index in [1.54, 1.807) is 54.6 Å². The molecule has 0 heterocycles. The summed E-state index contributed by atoms with van der Waals surface area (Å²) in [6.45, 7) is 0. The summed E-state index contributed by atoms with van der Waals surface area (Å²) in [6, 6.07) is 23.9. The summed E-state index contributed by atoms with van der Waals surface area (Å²) in [5, 5.41) is 10.6. The van der Waals surface area contributed by atoms with Gasteiger partial charge in [-0.3, -0.25) is 4.79 Å². The van der Waals surface area contributed by atoms with Crippen LogP contribution in [-0.2, 0) is 19.0 Å². The maximum absolute atomic E-state index is 12.8. The van der Waals surface area contributed by atoms with Gasteiger partial charge in [-0.15, -0.1) is 0 Å². The largest absolute Gasteiger partial charge is 0.452 e. The van der Waals surface area contributed by atoms with Crippen LogP contribution in [0, 0.1) is 0 Å². The summed E-state index contributed by atoms with van der Waals surface area (Å²) in [6.07, 6.45) is -6.55. The molecule has 8 heteroatoms. The molecular formula is C27H22O8. The summed E-state index contributed by atoms with van der Waals surface area (Å²) in [5.41, 5.74) is 0.543. The SMILES string of the molecule is O=C(OC1C(=O)CC(O)C(OC(=O)c2ccccc2)C1OC(=O)c1ccccc1)c1ccccc1. The third kappa shape index (κ3) is 5.62. The zero-order valence-electron chi connectivity index (χ0n) is 18.5. The van der Waals surface area contributed by atoms with Gasteiger partial charge in [-0.2, -0.15) is 0 Å². The van der Waals surface area contributed by atoms with Crippen molar-refractivity contribution in [3.8, 4) is 0 Å². The molecule has 0 radical (unpaired) electrons. The van der Waals surface area contributed by atoms with Crippen LogP contribution in [0.4, 0.5) is 0 Å². The van der Waals surface area contributed by atoms with Gasteiger partial charge in [-0.1, -0.05) is 54.6 Å². The summed E-state index contributed by atoms with van der Waals surface area (Å²) in [4.78, 5) is 51.1. The van der Waals surface area contributed by atoms with Crippen molar-refractivity contribution < 1.29 is 38.5 Å². The van der Waals surface area contributed by atoms with Crippen LogP contribution in [-0.4, -0.2) is 53.2 Å². The van der Waals surface area contributed by atoms with Gasteiger partial charge in [0.1, 0.15) is 6.10 Å². The van der Waals surface area contributed by atoms with Gasteiger partial charge in [0.15, 0.2) is 18.0 Å². The second-order valence-electron chi connectivity index (χ2n) is 7.90. The predicted molar refractivity (Wildman–Crippen MR) is 123 cm³/mol. The van der Waals surface area contributed by atoms with Crippen molar-refractivity contribution in [1.82, 2.24) is 0 Å². The normalized spacial score (nSPS) is 21.6. The van der Waals surface area contributed by atoms with Gasteiger partial charge in [0.2, 0.25) is 6.10 Å². The maximum atomic E-state index is 12.8. The van der Waals surface area contributed by atoms with Gasteiger partial charge in [0.25, 0.3) is 0 Å². The molecule has 178 valence electrons. The molecule has 0 aliphatic heterocycles. The molecule has 1 saturated carbocycles. The number of hydrogen-bond donors (Lipinski definition) is 1. The average molecular weight is 474 g/mol. The number of rotatable bonds is 6. The van der Waals surface area contributed by atoms with Gasteiger partial charge >= 0.3 is 17.9 Å². The van der Waals surface area contributed by atoms with Crippen molar-refractivity contribution in [2.75, 3.05) is 0 Å². The van der Waals surface area contributed by atoms with Gasteiger partial charge < -0.3 is 19.3 Å². The first kappa shape index (κ1) is 23.8. The van der Waals surface area contributed by atoms with Gasteiger partial charge in [-0.05, 0) is 36.4 Å². The quantitative estimate of drug-likeness (QED) is 0.428. The first-order chi connectivity index (χ1) is 16.9. The second kappa shape index (κ2) is 10.8. The summed E-state index contributed by atoms with van der Waals surface area (Å²) >= 11 is 0. The zero-order valence-corrected chi connectivity index (χ0v) is 18.5. The molecule has 8 nitrogen and oxygen atoms in total.